The maximum absolute atomic E-state index is 13.5. The summed E-state index contributed by atoms with van der Waals surface area (Å²) in [5.74, 6) is -0.699. The van der Waals surface area contributed by atoms with E-state index in [4.69, 9.17) is 0 Å². The van der Waals surface area contributed by atoms with E-state index in [1.807, 2.05) is 39.0 Å². The summed E-state index contributed by atoms with van der Waals surface area (Å²) in [6.45, 7) is 7.90. The van der Waals surface area contributed by atoms with Gasteiger partial charge in [-0.15, -0.1) is 11.3 Å². The van der Waals surface area contributed by atoms with Crippen LogP contribution in [-0.4, -0.2) is 33.9 Å². The molecule has 8 heteroatoms. The van der Waals surface area contributed by atoms with E-state index in [2.05, 4.69) is 17.2 Å². The number of benzene rings is 1. The molecule has 1 fully saturated rings. The zero-order valence-corrected chi connectivity index (χ0v) is 22.5. The second-order valence-corrected chi connectivity index (χ2v) is 11.2. The Kier molecular flexibility index (Phi) is 8.07. The Labute approximate surface area is 221 Å². The fraction of sp³-hybridized carbons (Fsp3) is 0.379. The van der Waals surface area contributed by atoms with Gasteiger partial charge in [0.25, 0.3) is 5.91 Å². The van der Waals surface area contributed by atoms with Crippen LogP contribution in [0.15, 0.2) is 48.8 Å². The fourth-order valence-corrected chi connectivity index (χ4v) is 5.85. The van der Waals surface area contributed by atoms with Gasteiger partial charge in [0.05, 0.1) is 5.69 Å². The number of amides is 2. The van der Waals surface area contributed by atoms with E-state index in [-0.39, 0.29) is 28.7 Å². The molecular formula is C29H33N3O4S. The number of aryl methyl sites for hydroxylation is 1. The van der Waals surface area contributed by atoms with Gasteiger partial charge in [-0.2, -0.15) is 0 Å². The van der Waals surface area contributed by atoms with Crippen LogP contribution in [0.3, 0.4) is 0 Å². The van der Waals surface area contributed by atoms with Crippen LogP contribution in [0.25, 0.3) is 10.4 Å². The van der Waals surface area contributed by atoms with Crippen molar-refractivity contribution in [2.45, 2.75) is 59.4 Å². The molecule has 1 aromatic carbocycles. The molecule has 0 saturated heterocycles. The summed E-state index contributed by atoms with van der Waals surface area (Å²) in [4.78, 5) is 45.0. The lowest BCUT2D eigenvalue weighted by atomic mass is 9.82. The molecule has 7 nitrogen and oxygen atoms in total. The van der Waals surface area contributed by atoms with Gasteiger partial charge in [-0.05, 0) is 87.8 Å². The Hall–Kier alpha value is -3.52. The maximum atomic E-state index is 13.5. The molecule has 3 aromatic rings. The van der Waals surface area contributed by atoms with Crippen molar-refractivity contribution in [3.05, 3.63) is 64.8 Å². The Balaban J connectivity index is 1.58. The molecule has 0 radical (unpaired) electrons. The highest BCUT2D eigenvalue weighted by molar-refractivity contribution is 7.18. The topological polar surface area (TPSA) is 99.6 Å². The molecule has 1 aliphatic carbocycles. The molecule has 1 aliphatic rings. The SMILES string of the molecule is Cc1cnccc1C(=O)Nc1ccc(-c2cc(N(C(=O)[C@H]3CC[C@H](C)CC3)C(C)C)c(C(=O)O)s2)cc1. The summed E-state index contributed by atoms with van der Waals surface area (Å²) >= 11 is 1.16. The van der Waals surface area contributed by atoms with Gasteiger partial charge in [-0.3, -0.25) is 14.6 Å². The Bertz CT molecular complexity index is 1290. The summed E-state index contributed by atoms with van der Waals surface area (Å²) in [6, 6.07) is 10.6. The molecule has 0 spiro atoms. The minimum Gasteiger partial charge on any atom is -0.477 e. The third kappa shape index (κ3) is 5.91. The average molecular weight is 520 g/mol. The van der Waals surface area contributed by atoms with Crippen LogP contribution in [-0.2, 0) is 4.79 Å². The number of carbonyl (C=O) groups excluding carboxylic acids is 2. The van der Waals surface area contributed by atoms with Crippen LogP contribution in [0.1, 0.15) is 72.0 Å². The zero-order chi connectivity index (χ0) is 26.7. The predicted molar refractivity (Wildman–Crippen MR) is 147 cm³/mol. The van der Waals surface area contributed by atoms with E-state index in [0.29, 0.717) is 22.9 Å². The number of thiophene rings is 1. The van der Waals surface area contributed by atoms with Gasteiger partial charge in [-0.1, -0.05) is 19.1 Å². The van der Waals surface area contributed by atoms with Crippen molar-refractivity contribution in [1.29, 1.82) is 0 Å². The average Bonchev–Trinajstić information content (AvgIpc) is 3.30. The number of rotatable bonds is 7. The van der Waals surface area contributed by atoms with Crippen LogP contribution < -0.4 is 10.2 Å². The number of aromatic nitrogens is 1. The predicted octanol–water partition coefficient (Wildman–Crippen LogP) is 6.64. The van der Waals surface area contributed by atoms with E-state index in [1.165, 1.54) is 0 Å². The first kappa shape index (κ1) is 26.5. The molecule has 2 N–H and O–H groups in total. The van der Waals surface area contributed by atoms with Crippen LogP contribution in [0.2, 0.25) is 0 Å². The van der Waals surface area contributed by atoms with Crippen LogP contribution in [0, 0.1) is 18.8 Å². The number of carbonyl (C=O) groups is 3. The van der Waals surface area contributed by atoms with E-state index >= 15 is 0 Å². The molecule has 2 aromatic heterocycles. The minimum absolute atomic E-state index is 0.0122. The normalized spacial score (nSPS) is 17.4. The monoisotopic (exact) mass is 519 g/mol. The summed E-state index contributed by atoms with van der Waals surface area (Å²) < 4.78 is 0. The number of nitrogens with one attached hydrogen (secondary N) is 1. The van der Waals surface area contributed by atoms with Gasteiger partial charge in [0.2, 0.25) is 5.91 Å². The number of pyridine rings is 1. The lowest BCUT2D eigenvalue weighted by Gasteiger charge is -2.33. The number of hydrogen-bond donors (Lipinski definition) is 2. The number of carboxylic acids is 1. The van der Waals surface area contributed by atoms with Crippen molar-refractivity contribution in [3.8, 4) is 10.4 Å². The maximum Gasteiger partial charge on any atom is 0.348 e. The number of carboxylic acid groups (broad SMARTS) is 1. The third-order valence-electron chi connectivity index (χ3n) is 6.98. The second-order valence-electron chi connectivity index (χ2n) is 10.1. The molecule has 37 heavy (non-hydrogen) atoms. The zero-order valence-electron chi connectivity index (χ0n) is 21.7. The summed E-state index contributed by atoms with van der Waals surface area (Å²) in [6.07, 6.45) is 6.95. The molecule has 4 rings (SSSR count). The van der Waals surface area contributed by atoms with Gasteiger partial charge in [-0.25, -0.2) is 4.79 Å². The standard InChI is InChI=1S/C29H33N3O4S/c1-17(2)32(28(34)21-7-5-18(3)6-8-21)24-15-25(37-26(24)29(35)36)20-9-11-22(12-10-20)31-27(33)23-13-14-30-16-19(23)4/h9-18,21H,5-8H2,1-4H3,(H,31,33)(H,35,36)/t18-,21-. The molecule has 194 valence electrons. The summed E-state index contributed by atoms with van der Waals surface area (Å²) in [5.41, 5.74) is 3.25. The van der Waals surface area contributed by atoms with Gasteiger partial charge >= 0.3 is 5.97 Å². The largest absolute Gasteiger partial charge is 0.477 e. The van der Waals surface area contributed by atoms with Crippen LogP contribution >= 0.6 is 11.3 Å². The Morgan fingerprint density at radius 1 is 1.08 bits per heavy atom. The molecule has 2 heterocycles. The minimum atomic E-state index is -1.04. The van der Waals surface area contributed by atoms with Gasteiger partial charge in [0, 0.05) is 40.5 Å². The summed E-state index contributed by atoms with van der Waals surface area (Å²) in [7, 11) is 0. The van der Waals surface area contributed by atoms with Crippen molar-refractivity contribution in [2.75, 3.05) is 10.2 Å². The van der Waals surface area contributed by atoms with E-state index in [0.717, 1.165) is 53.0 Å². The number of nitrogens with zero attached hydrogens (tertiary/aromatic N) is 2. The number of aromatic carboxylic acids is 1. The highest BCUT2D eigenvalue weighted by Gasteiger charge is 2.33. The van der Waals surface area contributed by atoms with E-state index < -0.39 is 5.97 Å². The third-order valence-corrected chi connectivity index (χ3v) is 8.14. The lowest BCUT2D eigenvalue weighted by molar-refractivity contribution is -0.123. The van der Waals surface area contributed by atoms with Crippen LogP contribution in [0.5, 0.6) is 0 Å². The van der Waals surface area contributed by atoms with Crippen LogP contribution in [0.4, 0.5) is 11.4 Å². The van der Waals surface area contributed by atoms with E-state index in [9.17, 15) is 19.5 Å². The molecule has 0 bridgehead atoms. The van der Waals surface area contributed by atoms with Gasteiger partial charge in [0.15, 0.2) is 0 Å². The smallest absolute Gasteiger partial charge is 0.348 e. The van der Waals surface area contributed by atoms with E-state index in [1.54, 1.807) is 35.5 Å². The molecular weight excluding hydrogens is 486 g/mol. The highest BCUT2D eigenvalue weighted by Crippen LogP contribution is 2.40. The molecule has 0 atom stereocenters. The highest BCUT2D eigenvalue weighted by atomic mass is 32.1. The quantitative estimate of drug-likeness (QED) is 0.365. The molecule has 1 saturated carbocycles. The first-order valence-corrected chi connectivity index (χ1v) is 13.5. The molecule has 2 amide bonds. The number of anilines is 2. The van der Waals surface area contributed by atoms with Crippen molar-refractivity contribution >= 4 is 40.5 Å². The van der Waals surface area contributed by atoms with Gasteiger partial charge in [0.1, 0.15) is 4.88 Å². The Morgan fingerprint density at radius 2 is 1.76 bits per heavy atom. The van der Waals surface area contributed by atoms with Crippen molar-refractivity contribution in [1.82, 2.24) is 4.98 Å². The molecule has 0 unspecified atom stereocenters. The van der Waals surface area contributed by atoms with Gasteiger partial charge < -0.3 is 15.3 Å². The fourth-order valence-electron chi connectivity index (χ4n) is 4.86. The number of hydrogen-bond acceptors (Lipinski definition) is 5. The van der Waals surface area contributed by atoms with Crippen molar-refractivity contribution < 1.29 is 19.5 Å². The van der Waals surface area contributed by atoms with Crippen molar-refractivity contribution in [3.63, 3.8) is 0 Å². The molecule has 0 aliphatic heterocycles. The van der Waals surface area contributed by atoms with Crippen molar-refractivity contribution in [2.24, 2.45) is 11.8 Å². The summed E-state index contributed by atoms with van der Waals surface area (Å²) in [5, 5.41) is 12.9. The second kappa shape index (κ2) is 11.3. The first-order chi connectivity index (χ1) is 17.7. The Morgan fingerprint density at radius 3 is 2.35 bits per heavy atom. The lowest BCUT2D eigenvalue weighted by Crippen LogP contribution is -2.42. The first-order valence-electron chi connectivity index (χ1n) is 12.7.